The molecule has 0 bridgehead atoms. The predicted octanol–water partition coefficient (Wildman–Crippen LogP) is 0.622. The number of hydrogen-bond acceptors (Lipinski definition) is 20. The molecule has 3 aromatic carbocycles. The maximum Gasteiger partial charge on any atom is 0.414 e. The van der Waals surface area contributed by atoms with E-state index in [9.17, 15) is 64.5 Å². The highest BCUT2D eigenvalue weighted by Gasteiger charge is 2.53. The molecule has 0 unspecified atom stereocenters. The molecule has 3 saturated heterocycles. The SMILES string of the molecule is COc1cccc2c1C(=O)c1c(O)c3c(c(O)c1C2=O)C[C@@](O)(C(=O)CO)C[C@@H]3O[C@H]1C[C@H]2[C@H](OCN2C(=O)OCc2ccc(NC(=O)O[C@@H]3O[C@H](C(C)=O)[C@@H](O)[C@H](O)[C@H]3O)cc2)[C@H](C)O1. The summed E-state index contributed by atoms with van der Waals surface area (Å²) in [7, 11) is 1.30. The molecule has 2 aliphatic carbocycles. The first-order valence-electron chi connectivity index (χ1n) is 20.7. The van der Waals surface area contributed by atoms with Gasteiger partial charge in [0, 0.05) is 41.6 Å². The summed E-state index contributed by atoms with van der Waals surface area (Å²) in [6.07, 6.45) is -16.0. The van der Waals surface area contributed by atoms with E-state index in [4.69, 9.17) is 33.2 Å². The zero-order valence-electron chi connectivity index (χ0n) is 35.4. The van der Waals surface area contributed by atoms with Gasteiger partial charge in [0.2, 0.25) is 12.1 Å². The number of carbonyl (C=O) groups is 6. The number of carbonyl (C=O) groups excluding carboxylic acids is 6. The number of ketones is 4. The molecule has 11 atom stereocenters. The number of ether oxygens (including phenoxy) is 7. The Morgan fingerprint density at radius 1 is 0.924 bits per heavy atom. The number of nitrogens with zero attached hydrogens (tertiary/aromatic N) is 1. The van der Waals surface area contributed by atoms with Crippen molar-refractivity contribution >= 4 is 41.0 Å². The molecule has 3 aliphatic heterocycles. The van der Waals surface area contributed by atoms with Gasteiger partial charge in [-0.1, -0.05) is 24.3 Å². The molecule has 3 heterocycles. The van der Waals surface area contributed by atoms with E-state index in [0.717, 1.165) is 6.92 Å². The number of hydrogen-bond donors (Lipinski definition) is 8. The maximum absolute atomic E-state index is 14.0. The number of amides is 2. The largest absolute Gasteiger partial charge is 0.507 e. The highest BCUT2D eigenvalue weighted by atomic mass is 16.7. The van der Waals surface area contributed by atoms with Crippen molar-refractivity contribution in [2.75, 3.05) is 25.8 Å². The van der Waals surface area contributed by atoms with Crippen LogP contribution in [0.15, 0.2) is 42.5 Å². The van der Waals surface area contributed by atoms with E-state index in [-0.39, 0.29) is 53.4 Å². The number of Topliss-reactive ketones (excluding diaryl/α,β-unsaturated/α-hetero) is 2. The summed E-state index contributed by atoms with van der Waals surface area (Å²) in [6.45, 7) is 1.21. The van der Waals surface area contributed by atoms with E-state index >= 15 is 0 Å². The number of rotatable bonds is 10. The monoisotopic (exact) mass is 922 g/mol. The summed E-state index contributed by atoms with van der Waals surface area (Å²) >= 11 is 0. The van der Waals surface area contributed by atoms with E-state index in [2.05, 4.69) is 5.32 Å². The van der Waals surface area contributed by atoms with Crippen molar-refractivity contribution in [1.29, 1.82) is 0 Å². The number of anilines is 1. The number of aromatic hydroxyl groups is 2. The number of phenolic OH excluding ortho intramolecular Hbond substituents is 2. The van der Waals surface area contributed by atoms with E-state index < -0.39 is 144 Å². The van der Waals surface area contributed by atoms with Gasteiger partial charge in [0.25, 0.3) is 0 Å². The molecule has 5 aliphatic rings. The van der Waals surface area contributed by atoms with Crippen LogP contribution < -0.4 is 10.1 Å². The Balaban J connectivity index is 0.954. The molecule has 8 N–H and O–H groups in total. The van der Waals surface area contributed by atoms with Crippen LogP contribution in [0.3, 0.4) is 0 Å². The molecule has 8 rings (SSSR count). The third kappa shape index (κ3) is 8.13. The van der Waals surface area contributed by atoms with Gasteiger partial charge < -0.3 is 68.9 Å². The van der Waals surface area contributed by atoms with Crippen LogP contribution in [0, 0.1) is 0 Å². The average Bonchev–Trinajstić information content (AvgIpc) is 3.73. The minimum atomic E-state index is -2.37. The van der Waals surface area contributed by atoms with Crippen LogP contribution in [0.1, 0.15) is 81.3 Å². The van der Waals surface area contributed by atoms with Crippen LogP contribution in [0.4, 0.5) is 15.3 Å². The molecule has 0 spiro atoms. The van der Waals surface area contributed by atoms with Gasteiger partial charge in [0.1, 0.15) is 73.3 Å². The molecule has 2 amide bonds. The van der Waals surface area contributed by atoms with Gasteiger partial charge in [0.15, 0.2) is 23.6 Å². The van der Waals surface area contributed by atoms with Crippen LogP contribution in [0.5, 0.6) is 17.2 Å². The van der Waals surface area contributed by atoms with Crippen LogP contribution in [-0.4, -0.2) is 157 Å². The molecule has 0 radical (unpaired) electrons. The van der Waals surface area contributed by atoms with Crippen LogP contribution in [0.2, 0.25) is 0 Å². The molecule has 22 nitrogen and oxygen atoms in total. The highest BCUT2D eigenvalue weighted by molar-refractivity contribution is 6.31. The summed E-state index contributed by atoms with van der Waals surface area (Å²) in [5.74, 6) is -4.83. The van der Waals surface area contributed by atoms with Gasteiger partial charge in [0.05, 0.1) is 42.0 Å². The zero-order valence-corrected chi connectivity index (χ0v) is 35.4. The highest BCUT2D eigenvalue weighted by Crippen LogP contribution is 2.53. The summed E-state index contributed by atoms with van der Waals surface area (Å²) in [6, 6.07) is 9.51. The second-order valence-corrected chi connectivity index (χ2v) is 16.6. The predicted molar refractivity (Wildman–Crippen MR) is 217 cm³/mol. The van der Waals surface area contributed by atoms with Crippen molar-refractivity contribution in [3.05, 3.63) is 81.4 Å². The molecule has 352 valence electrons. The second-order valence-electron chi connectivity index (χ2n) is 16.6. The van der Waals surface area contributed by atoms with Crippen molar-refractivity contribution in [3.63, 3.8) is 0 Å². The number of aliphatic hydroxyl groups excluding tert-OH is 4. The van der Waals surface area contributed by atoms with Crippen LogP contribution in [0.25, 0.3) is 0 Å². The van der Waals surface area contributed by atoms with E-state index in [1.165, 1.54) is 54.5 Å². The quantitative estimate of drug-likeness (QED) is 0.101. The van der Waals surface area contributed by atoms with Crippen LogP contribution >= 0.6 is 0 Å². The molecule has 3 fully saturated rings. The first kappa shape index (κ1) is 46.4. The second kappa shape index (κ2) is 18.0. The van der Waals surface area contributed by atoms with E-state index in [1.54, 1.807) is 6.92 Å². The lowest BCUT2D eigenvalue weighted by molar-refractivity contribution is -0.272. The minimum Gasteiger partial charge on any atom is -0.507 e. The lowest BCUT2D eigenvalue weighted by atomic mass is 9.72. The fourth-order valence-corrected chi connectivity index (χ4v) is 9.13. The Kier molecular flexibility index (Phi) is 12.6. The van der Waals surface area contributed by atoms with Gasteiger partial charge in [-0.05, 0) is 37.6 Å². The van der Waals surface area contributed by atoms with Crippen molar-refractivity contribution in [2.45, 2.75) is 107 Å². The standard InChI is InChI=1S/C44H46N2O20/c1-17(48)39-37(55)36(54)38(56)41(65-39)66-42(57)45-20-9-7-19(8-10-20)15-61-43(58)46-16-62-40-18(2)63-27(11-23(40)46)64-25-13-44(59,26(49)14-47)12-22-29(25)35(53)31-30(33(22)51)32(50)21-5-4-6-24(60-3)28(21)34(31)52/h4-10,18,23,25,27,36-41,47,51,53-56,59H,11-16H2,1-3H3,(H,45,57)/t18-,23-,25-,27-,36-,37-,38+,39+,40+,41-,44-/m0/s1. The van der Waals surface area contributed by atoms with Gasteiger partial charge >= 0.3 is 12.2 Å². The fourth-order valence-electron chi connectivity index (χ4n) is 9.13. The lowest BCUT2D eigenvalue weighted by Gasteiger charge is -2.42. The molecule has 22 heteroatoms. The molecule has 0 aromatic heterocycles. The van der Waals surface area contributed by atoms with Crippen molar-refractivity contribution in [1.82, 2.24) is 4.90 Å². The van der Waals surface area contributed by atoms with Gasteiger partial charge in [-0.2, -0.15) is 0 Å². The van der Waals surface area contributed by atoms with Crippen molar-refractivity contribution < 1.29 is 97.7 Å². The van der Waals surface area contributed by atoms with Gasteiger partial charge in [-0.3, -0.25) is 29.4 Å². The number of fused-ring (bicyclic) bond motifs is 4. The summed E-state index contributed by atoms with van der Waals surface area (Å²) < 4.78 is 39.5. The Labute approximate surface area is 374 Å². The van der Waals surface area contributed by atoms with E-state index in [1.807, 2.05) is 0 Å². The normalized spacial score (nSPS) is 30.0. The smallest absolute Gasteiger partial charge is 0.414 e. The Bertz CT molecular complexity index is 2480. The number of phenols is 2. The topological polar surface area (TPSA) is 324 Å². The number of nitrogens with one attached hydrogen (secondary N) is 1. The number of benzene rings is 3. The van der Waals surface area contributed by atoms with Crippen molar-refractivity contribution in [2.24, 2.45) is 0 Å². The molecule has 66 heavy (non-hydrogen) atoms. The Morgan fingerprint density at radius 2 is 1.64 bits per heavy atom. The number of methoxy groups -OCH3 is 1. The van der Waals surface area contributed by atoms with Gasteiger partial charge in [-0.15, -0.1) is 0 Å². The lowest BCUT2D eigenvalue weighted by Crippen LogP contribution is -2.60. The summed E-state index contributed by atoms with van der Waals surface area (Å²) in [4.78, 5) is 80.1. The summed E-state index contributed by atoms with van der Waals surface area (Å²) in [5.41, 5.74) is -3.48. The Morgan fingerprint density at radius 3 is 2.32 bits per heavy atom. The fraction of sp³-hybridized carbons (Fsp3) is 0.455. The molecule has 3 aromatic rings. The van der Waals surface area contributed by atoms with Crippen molar-refractivity contribution in [3.8, 4) is 17.2 Å². The molecule has 0 saturated carbocycles. The Hall–Kier alpha value is -6.08. The van der Waals surface area contributed by atoms with E-state index in [0.29, 0.717) is 5.56 Å². The first-order valence-corrected chi connectivity index (χ1v) is 20.7. The maximum atomic E-state index is 14.0. The molecular formula is C44H46N2O20. The number of aliphatic hydroxyl groups is 5. The van der Waals surface area contributed by atoms with Gasteiger partial charge in [-0.25, -0.2) is 9.59 Å². The molecular weight excluding hydrogens is 876 g/mol. The third-order valence-electron chi connectivity index (χ3n) is 12.5. The van der Waals surface area contributed by atoms with Crippen LogP contribution in [-0.2, 0) is 51.0 Å². The third-order valence-corrected chi connectivity index (χ3v) is 12.5. The average molecular weight is 923 g/mol. The minimum absolute atomic E-state index is 0.0432. The first-order chi connectivity index (χ1) is 31.4. The zero-order chi connectivity index (χ0) is 47.5. The summed E-state index contributed by atoms with van der Waals surface area (Å²) in [5, 5.41) is 77.7.